The van der Waals surface area contributed by atoms with Crippen molar-refractivity contribution in [2.45, 2.75) is 6.92 Å². The fourth-order valence-corrected chi connectivity index (χ4v) is 0. The number of carbonyl (C=O) groups excluding carboxylic acids is 1. The standard InChI is InChI=1S/C2H3O.Cu.O/c1-2-3;;/h1H3;;/q-1;;. The van der Waals surface area contributed by atoms with Crippen molar-refractivity contribution >= 4 is 6.29 Å². The van der Waals surface area contributed by atoms with Gasteiger partial charge in [0.1, 0.15) is 0 Å². The van der Waals surface area contributed by atoms with Crippen LogP contribution in [-0.4, -0.2) is 6.29 Å². The molecule has 0 aromatic carbocycles. The fraction of sp³-hybridized carbons (Fsp3) is 0.500. The van der Waals surface area contributed by atoms with Gasteiger partial charge in [-0.15, -0.1) is 0 Å². The summed E-state index contributed by atoms with van der Waals surface area (Å²) < 4.78 is 7.81. The third kappa shape index (κ3) is 143000. The van der Waals surface area contributed by atoms with Crippen LogP contribution in [0.2, 0.25) is 0 Å². The van der Waals surface area contributed by atoms with E-state index >= 15 is 0 Å². The Morgan fingerprint density at radius 3 is 1.60 bits per heavy atom. The second-order valence-electron chi connectivity index (χ2n) is 0.204. The average Bonchev–Trinajstić information content (AvgIpc) is 1.46. The first-order valence-electron chi connectivity index (χ1n) is 0.827. The Kier molecular flexibility index (Phi) is 64.7. The van der Waals surface area contributed by atoms with Crippen LogP contribution in [0.5, 0.6) is 0 Å². The van der Waals surface area contributed by atoms with Gasteiger partial charge in [-0.1, -0.05) is 0 Å². The summed E-state index contributed by atoms with van der Waals surface area (Å²) in [5, 5.41) is 0. The first-order valence-corrected chi connectivity index (χ1v) is 1.21. The van der Waals surface area contributed by atoms with E-state index in [-0.39, 0.29) is 0 Å². The molecule has 5 heavy (non-hydrogen) atoms. The summed E-state index contributed by atoms with van der Waals surface area (Å²) in [5.74, 6) is 0. The average molecular weight is 123 g/mol. The maximum absolute atomic E-state index is 8.68. The Morgan fingerprint density at radius 1 is 1.60 bits per heavy atom. The summed E-state index contributed by atoms with van der Waals surface area (Å²) in [4.78, 5) is 8.68. The second kappa shape index (κ2) is 36.4. The van der Waals surface area contributed by atoms with Crippen LogP contribution in [0.25, 0.3) is 0 Å². The van der Waals surface area contributed by atoms with Gasteiger partial charge in [-0.2, -0.15) is 6.92 Å². The van der Waals surface area contributed by atoms with Crippen LogP contribution in [-0.2, 0) is 24.6 Å². The van der Waals surface area contributed by atoms with E-state index in [0.29, 0.717) is 0 Å². The SMILES string of the molecule is C[C-]=O.[O]=[Cu]. The molecule has 0 fully saturated rings. The Balaban J connectivity index is 0. The Morgan fingerprint density at radius 2 is 1.60 bits per heavy atom. The normalized spacial score (nSPS) is 3.80. The molecule has 0 atom stereocenters. The molecule has 0 heterocycles. The molecule has 3 heteroatoms. The minimum absolute atomic E-state index is 1.32. The first-order chi connectivity index (χ1) is 2.41. The summed E-state index contributed by atoms with van der Waals surface area (Å²) in [6.45, 7) is 1.32. The van der Waals surface area contributed by atoms with Crippen molar-refractivity contribution in [2.75, 3.05) is 0 Å². The van der Waals surface area contributed by atoms with Crippen LogP contribution in [0.1, 0.15) is 6.92 Å². The third-order valence-electron chi connectivity index (χ3n) is 0. The van der Waals surface area contributed by atoms with Gasteiger partial charge >= 0.3 is 19.8 Å². The predicted octanol–water partition coefficient (Wildman–Crippen LogP) is -0.00530. The quantitative estimate of drug-likeness (QED) is 0.335. The number of rotatable bonds is 0. The zero-order chi connectivity index (χ0) is 4.71. The van der Waals surface area contributed by atoms with E-state index in [1.54, 1.807) is 0 Å². The molecule has 0 aliphatic heterocycles. The van der Waals surface area contributed by atoms with E-state index in [1.165, 1.54) is 13.2 Å². The zero-order valence-corrected chi connectivity index (χ0v) is 3.56. The van der Waals surface area contributed by atoms with E-state index in [9.17, 15) is 0 Å². The second-order valence-corrected chi connectivity index (χ2v) is 0.204. The summed E-state index contributed by atoms with van der Waals surface area (Å²) in [5.41, 5.74) is 0. The van der Waals surface area contributed by atoms with Crippen molar-refractivity contribution < 1.29 is 24.6 Å². The van der Waals surface area contributed by atoms with Crippen LogP contribution < -0.4 is 0 Å². The molecule has 0 radical (unpaired) electrons. The first kappa shape index (κ1) is 8.89. The molecule has 2 nitrogen and oxygen atoms in total. The van der Waals surface area contributed by atoms with Crippen LogP contribution in [0.3, 0.4) is 0 Å². The molecule has 0 unspecified atom stereocenters. The van der Waals surface area contributed by atoms with E-state index in [0.717, 1.165) is 0 Å². The summed E-state index contributed by atoms with van der Waals surface area (Å²) in [6.07, 6.45) is 1.50. The fourth-order valence-electron chi connectivity index (χ4n) is 0. The molecule has 0 aliphatic carbocycles. The van der Waals surface area contributed by atoms with Gasteiger partial charge in [0.05, 0.1) is 0 Å². The van der Waals surface area contributed by atoms with Crippen molar-refractivity contribution in [1.29, 1.82) is 0 Å². The van der Waals surface area contributed by atoms with Crippen molar-refractivity contribution in [1.82, 2.24) is 0 Å². The van der Waals surface area contributed by atoms with E-state index in [1.807, 2.05) is 0 Å². The van der Waals surface area contributed by atoms with Crippen molar-refractivity contribution in [2.24, 2.45) is 0 Å². The zero-order valence-electron chi connectivity index (χ0n) is 2.62. The van der Waals surface area contributed by atoms with Crippen molar-refractivity contribution in [3.8, 4) is 0 Å². The van der Waals surface area contributed by atoms with Gasteiger partial charge in [0, 0.05) is 0 Å². The molecular formula is C2H3CuO2-. The van der Waals surface area contributed by atoms with Gasteiger partial charge < -0.3 is 4.79 Å². The molecule has 0 N–H and O–H groups in total. The van der Waals surface area contributed by atoms with Gasteiger partial charge in [0.15, 0.2) is 0 Å². The molecule has 0 rings (SSSR count). The van der Waals surface area contributed by atoms with Crippen molar-refractivity contribution in [3.63, 3.8) is 0 Å². The molecule has 0 saturated carbocycles. The van der Waals surface area contributed by atoms with E-state index in [2.05, 4.69) is 15.9 Å². The van der Waals surface area contributed by atoms with Gasteiger partial charge in [-0.05, 0) is 0 Å². The Labute approximate surface area is 38.6 Å². The molecule has 0 aromatic rings. The van der Waals surface area contributed by atoms with Crippen molar-refractivity contribution in [3.05, 3.63) is 0 Å². The molecule has 35 valence electrons. The van der Waals surface area contributed by atoms with Gasteiger partial charge in [-0.3, -0.25) is 6.29 Å². The molecule has 0 bridgehead atoms. The monoisotopic (exact) mass is 122 g/mol. The van der Waals surface area contributed by atoms with Gasteiger partial charge in [0.25, 0.3) is 0 Å². The topological polar surface area (TPSA) is 34.1 Å². The number of hydrogen-bond donors (Lipinski definition) is 0. The molecule has 0 aromatic heterocycles. The predicted molar refractivity (Wildman–Crippen MR) is 12.1 cm³/mol. The van der Waals surface area contributed by atoms with Crippen LogP contribution in [0.15, 0.2) is 0 Å². The van der Waals surface area contributed by atoms with E-state index in [4.69, 9.17) is 8.63 Å². The summed E-state index contributed by atoms with van der Waals surface area (Å²) >= 11 is 2.94. The van der Waals surface area contributed by atoms with Gasteiger partial charge in [0.2, 0.25) is 0 Å². The Hall–Kier alpha value is -0.0105. The Bertz CT molecular complexity index is 21.6. The minimum atomic E-state index is 1.32. The molecule has 0 saturated heterocycles. The molecule has 0 amide bonds. The van der Waals surface area contributed by atoms with Crippen LogP contribution in [0.4, 0.5) is 0 Å². The molecule has 0 spiro atoms. The van der Waals surface area contributed by atoms with E-state index < -0.39 is 0 Å². The van der Waals surface area contributed by atoms with Gasteiger partial charge in [-0.25, -0.2) is 0 Å². The molecule has 0 aliphatic rings. The summed E-state index contributed by atoms with van der Waals surface area (Å²) in [6, 6.07) is 0. The third-order valence-corrected chi connectivity index (χ3v) is 0. The van der Waals surface area contributed by atoms with Crippen LogP contribution >= 0.6 is 0 Å². The maximum atomic E-state index is 8.68. The summed E-state index contributed by atoms with van der Waals surface area (Å²) in [7, 11) is 0. The molecular weight excluding hydrogens is 120 g/mol. The number of hydrogen-bond acceptors (Lipinski definition) is 2. The van der Waals surface area contributed by atoms with Crippen LogP contribution in [0, 0.1) is 0 Å².